The second-order valence-electron chi connectivity index (χ2n) is 4.68. The van der Waals surface area contributed by atoms with E-state index >= 15 is 0 Å². The van der Waals surface area contributed by atoms with Crippen LogP contribution in [0.1, 0.15) is 11.3 Å². The van der Waals surface area contributed by atoms with Crippen molar-refractivity contribution in [3.8, 4) is 5.69 Å². The largest absolute Gasteiger partial charge is 0.383 e. The molecular formula is C15H20BrN3O. The normalized spacial score (nSPS) is 10.8. The van der Waals surface area contributed by atoms with Crippen LogP contribution in [-0.4, -0.2) is 37.1 Å². The van der Waals surface area contributed by atoms with Gasteiger partial charge in [-0.3, -0.25) is 0 Å². The van der Waals surface area contributed by atoms with Gasteiger partial charge in [0, 0.05) is 31.6 Å². The van der Waals surface area contributed by atoms with Gasteiger partial charge in [0.05, 0.1) is 18.0 Å². The van der Waals surface area contributed by atoms with E-state index in [-0.39, 0.29) is 0 Å². The Labute approximate surface area is 128 Å². The molecule has 1 heterocycles. The number of methoxy groups -OCH3 is 1. The number of aryl methyl sites for hydroxylation is 1. The minimum Gasteiger partial charge on any atom is -0.383 e. The van der Waals surface area contributed by atoms with E-state index in [1.165, 1.54) is 5.56 Å². The number of hydrogen-bond acceptors (Lipinski definition) is 3. The van der Waals surface area contributed by atoms with Crippen molar-refractivity contribution in [1.82, 2.24) is 9.78 Å². The maximum Gasteiger partial charge on any atom is 0.136 e. The van der Waals surface area contributed by atoms with Gasteiger partial charge in [0.25, 0.3) is 0 Å². The molecule has 0 spiro atoms. The summed E-state index contributed by atoms with van der Waals surface area (Å²) in [6, 6.07) is 10.2. The number of halogens is 1. The Kier molecular flexibility index (Phi) is 5.20. The van der Waals surface area contributed by atoms with Crippen molar-refractivity contribution in [1.29, 1.82) is 0 Å². The van der Waals surface area contributed by atoms with Gasteiger partial charge in [-0.05, 0) is 19.1 Å². The quantitative estimate of drug-likeness (QED) is 0.758. The number of ether oxygens (including phenoxy) is 1. The lowest BCUT2D eigenvalue weighted by atomic mass is 10.2. The first kappa shape index (κ1) is 15.1. The van der Waals surface area contributed by atoms with E-state index in [9.17, 15) is 0 Å². The third kappa shape index (κ3) is 3.04. The average Bonchev–Trinajstić information content (AvgIpc) is 2.82. The monoisotopic (exact) mass is 337 g/mol. The molecule has 0 fully saturated rings. The van der Waals surface area contributed by atoms with E-state index in [0.717, 1.165) is 29.1 Å². The molecule has 1 aromatic carbocycles. The Hall–Kier alpha value is -1.33. The fourth-order valence-corrected chi connectivity index (χ4v) is 2.84. The molecular weight excluding hydrogens is 318 g/mol. The van der Waals surface area contributed by atoms with Gasteiger partial charge in [-0.15, -0.1) is 0 Å². The summed E-state index contributed by atoms with van der Waals surface area (Å²) in [6.45, 7) is 3.56. The van der Waals surface area contributed by atoms with E-state index in [4.69, 9.17) is 4.74 Å². The molecule has 0 unspecified atom stereocenters. The summed E-state index contributed by atoms with van der Waals surface area (Å²) in [5.41, 5.74) is 3.33. The van der Waals surface area contributed by atoms with Crippen LogP contribution >= 0.6 is 15.9 Å². The smallest absolute Gasteiger partial charge is 0.136 e. The number of likely N-dealkylation sites (N-methyl/N-ethyl adjacent to an activating group) is 1. The highest BCUT2D eigenvalue weighted by Gasteiger charge is 2.18. The average molecular weight is 338 g/mol. The molecule has 0 atom stereocenters. The highest BCUT2D eigenvalue weighted by Crippen LogP contribution is 2.28. The van der Waals surface area contributed by atoms with Crippen LogP contribution in [-0.2, 0) is 10.1 Å². The second-order valence-corrected chi connectivity index (χ2v) is 5.24. The number of rotatable bonds is 6. The number of anilines is 1. The van der Waals surface area contributed by atoms with Crippen LogP contribution in [0.3, 0.4) is 0 Å². The SMILES string of the molecule is COCCN(C)c1c(CBr)c(C)nn1-c1ccccc1. The van der Waals surface area contributed by atoms with Crippen molar-refractivity contribution in [2.24, 2.45) is 0 Å². The van der Waals surface area contributed by atoms with Crippen molar-refractivity contribution < 1.29 is 4.74 Å². The van der Waals surface area contributed by atoms with Crippen LogP contribution in [0.25, 0.3) is 5.69 Å². The van der Waals surface area contributed by atoms with Crippen LogP contribution in [0.2, 0.25) is 0 Å². The lowest BCUT2D eigenvalue weighted by Gasteiger charge is -2.21. The van der Waals surface area contributed by atoms with Gasteiger partial charge in [0.15, 0.2) is 0 Å². The van der Waals surface area contributed by atoms with E-state index in [0.29, 0.717) is 6.61 Å². The first-order valence-electron chi connectivity index (χ1n) is 6.59. The molecule has 0 aliphatic carbocycles. The predicted molar refractivity (Wildman–Crippen MR) is 86.1 cm³/mol. The summed E-state index contributed by atoms with van der Waals surface area (Å²) in [5, 5.41) is 5.48. The first-order chi connectivity index (χ1) is 9.69. The number of hydrogen-bond donors (Lipinski definition) is 0. The van der Waals surface area contributed by atoms with Crippen molar-refractivity contribution in [3.05, 3.63) is 41.6 Å². The molecule has 0 radical (unpaired) electrons. The van der Waals surface area contributed by atoms with E-state index < -0.39 is 0 Å². The molecule has 20 heavy (non-hydrogen) atoms. The van der Waals surface area contributed by atoms with Crippen LogP contribution in [0.5, 0.6) is 0 Å². The maximum absolute atomic E-state index is 5.18. The van der Waals surface area contributed by atoms with Gasteiger partial charge < -0.3 is 9.64 Å². The van der Waals surface area contributed by atoms with Crippen LogP contribution in [0.15, 0.2) is 30.3 Å². The molecule has 0 amide bonds. The Balaban J connectivity index is 2.46. The molecule has 4 nitrogen and oxygen atoms in total. The standard InChI is InChI=1S/C15H20BrN3O/c1-12-14(11-16)15(18(2)9-10-20-3)19(17-12)13-7-5-4-6-8-13/h4-8H,9-11H2,1-3H3. The third-order valence-corrected chi connectivity index (χ3v) is 3.84. The van der Waals surface area contributed by atoms with Crippen molar-refractivity contribution in [2.75, 3.05) is 32.2 Å². The summed E-state index contributed by atoms with van der Waals surface area (Å²) < 4.78 is 7.18. The Morgan fingerprint density at radius 3 is 2.60 bits per heavy atom. The maximum atomic E-state index is 5.18. The highest BCUT2D eigenvalue weighted by atomic mass is 79.9. The minimum atomic E-state index is 0.692. The lowest BCUT2D eigenvalue weighted by molar-refractivity contribution is 0.206. The number of nitrogens with zero attached hydrogens (tertiary/aromatic N) is 3. The molecule has 0 aliphatic heterocycles. The Morgan fingerprint density at radius 1 is 1.30 bits per heavy atom. The lowest BCUT2D eigenvalue weighted by Crippen LogP contribution is -2.25. The Morgan fingerprint density at radius 2 is 2.00 bits per heavy atom. The predicted octanol–water partition coefficient (Wildman–Crippen LogP) is 3.16. The number of benzene rings is 1. The molecule has 0 saturated carbocycles. The van der Waals surface area contributed by atoms with Gasteiger partial charge in [-0.1, -0.05) is 34.1 Å². The van der Waals surface area contributed by atoms with Crippen LogP contribution in [0, 0.1) is 6.92 Å². The van der Waals surface area contributed by atoms with E-state index in [1.54, 1.807) is 7.11 Å². The van der Waals surface area contributed by atoms with Gasteiger partial charge in [0.1, 0.15) is 5.82 Å². The summed E-state index contributed by atoms with van der Waals surface area (Å²) >= 11 is 3.57. The van der Waals surface area contributed by atoms with E-state index in [2.05, 4.69) is 45.1 Å². The van der Waals surface area contributed by atoms with Crippen molar-refractivity contribution >= 4 is 21.7 Å². The van der Waals surface area contributed by atoms with Crippen LogP contribution in [0.4, 0.5) is 5.82 Å². The topological polar surface area (TPSA) is 30.3 Å². The molecule has 5 heteroatoms. The first-order valence-corrected chi connectivity index (χ1v) is 7.71. The number of para-hydroxylation sites is 1. The molecule has 0 saturated heterocycles. The minimum absolute atomic E-state index is 0.692. The molecule has 108 valence electrons. The summed E-state index contributed by atoms with van der Waals surface area (Å²) in [6.07, 6.45) is 0. The molecule has 0 aliphatic rings. The van der Waals surface area contributed by atoms with Gasteiger partial charge in [-0.25, -0.2) is 4.68 Å². The summed E-state index contributed by atoms with van der Waals surface area (Å²) in [4.78, 5) is 2.19. The zero-order valence-corrected chi connectivity index (χ0v) is 13.7. The second kappa shape index (κ2) is 6.90. The highest BCUT2D eigenvalue weighted by molar-refractivity contribution is 9.08. The van der Waals surface area contributed by atoms with E-state index in [1.807, 2.05) is 29.8 Å². The molecule has 0 bridgehead atoms. The molecule has 0 N–H and O–H groups in total. The third-order valence-electron chi connectivity index (χ3n) is 3.28. The number of alkyl halides is 1. The Bertz CT molecular complexity index is 554. The molecule has 2 aromatic rings. The summed E-state index contributed by atoms with van der Waals surface area (Å²) in [5.74, 6) is 1.11. The summed E-state index contributed by atoms with van der Waals surface area (Å²) in [7, 11) is 3.79. The molecule has 2 rings (SSSR count). The zero-order valence-electron chi connectivity index (χ0n) is 12.1. The molecule has 1 aromatic heterocycles. The van der Waals surface area contributed by atoms with Crippen LogP contribution < -0.4 is 4.90 Å². The zero-order chi connectivity index (χ0) is 14.5. The van der Waals surface area contributed by atoms with Gasteiger partial charge >= 0.3 is 0 Å². The fourth-order valence-electron chi connectivity index (χ4n) is 2.18. The van der Waals surface area contributed by atoms with Gasteiger partial charge in [0.2, 0.25) is 0 Å². The van der Waals surface area contributed by atoms with Crippen molar-refractivity contribution in [2.45, 2.75) is 12.3 Å². The van der Waals surface area contributed by atoms with Crippen molar-refractivity contribution in [3.63, 3.8) is 0 Å². The number of aromatic nitrogens is 2. The van der Waals surface area contributed by atoms with Gasteiger partial charge in [-0.2, -0.15) is 5.10 Å². The fraction of sp³-hybridized carbons (Fsp3) is 0.400.